The third-order valence-corrected chi connectivity index (χ3v) is 5.09. The summed E-state index contributed by atoms with van der Waals surface area (Å²) < 4.78 is 26.3. The quantitative estimate of drug-likeness (QED) is 0.885. The number of hydrogen-bond donors (Lipinski definition) is 1. The van der Waals surface area contributed by atoms with Crippen LogP contribution in [0.4, 0.5) is 0 Å². The van der Waals surface area contributed by atoms with E-state index in [0.717, 1.165) is 0 Å². The monoisotopic (exact) mass is 274 g/mol. The zero-order chi connectivity index (χ0) is 12.5. The molecule has 1 N–H and O–H groups in total. The van der Waals surface area contributed by atoms with E-state index in [0.29, 0.717) is 24.7 Å². The molecule has 1 saturated heterocycles. The summed E-state index contributed by atoms with van der Waals surface area (Å²) in [4.78, 5) is 0.263. The summed E-state index contributed by atoms with van der Waals surface area (Å²) in [5, 5.41) is 3.61. The van der Waals surface area contributed by atoms with Gasteiger partial charge in [-0.05, 0) is 25.1 Å². The number of sulfonamides is 1. The maximum Gasteiger partial charge on any atom is 0.243 e. The van der Waals surface area contributed by atoms with E-state index in [4.69, 9.17) is 11.6 Å². The van der Waals surface area contributed by atoms with E-state index in [-0.39, 0.29) is 10.9 Å². The molecule has 17 heavy (non-hydrogen) atoms. The third kappa shape index (κ3) is 2.63. The summed E-state index contributed by atoms with van der Waals surface area (Å²) in [6.45, 7) is 3.76. The Balaban J connectivity index is 2.35. The molecule has 1 heterocycles. The van der Waals surface area contributed by atoms with Crippen molar-refractivity contribution < 1.29 is 8.42 Å². The molecule has 0 unspecified atom stereocenters. The first-order chi connectivity index (χ1) is 8.01. The normalized spacial score (nSPS) is 22.6. The molecule has 0 spiro atoms. The van der Waals surface area contributed by atoms with Crippen molar-refractivity contribution in [2.75, 3.05) is 19.6 Å². The highest BCUT2D eigenvalue weighted by Gasteiger charge is 2.30. The Hall–Kier alpha value is -0.620. The van der Waals surface area contributed by atoms with Gasteiger partial charge in [0.05, 0.1) is 4.90 Å². The second-order valence-electron chi connectivity index (χ2n) is 4.13. The molecule has 1 aromatic carbocycles. The molecule has 1 aliphatic heterocycles. The lowest BCUT2D eigenvalue weighted by atomic mass is 10.3. The van der Waals surface area contributed by atoms with Gasteiger partial charge >= 0.3 is 0 Å². The zero-order valence-electron chi connectivity index (χ0n) is 9.56. The number of hydrogen-bond acceptors (Lipinski definition) is 3. The van der Waals surface area contributed by atoms with Gasteiger partial charge in [-0.3, -0.25) is 0 Å². The first kappa shape index (κ1) is 12.8. The molecule has 0 bridgehead atoms. The lowest BCUT2D eigenvalue weighted by Gasteiger charge is -2.32. The Morgan fingerprint density at radius 1 is 1.47 bits per heavy atom. The molecule has 0 radical (unpaired) electrons. The second-order valence-corrected chi connectivity index (χ2v) is 6.45. The minimum absolute atomic E-state index is 0.0345. The fourth-order valence-corrected chi connectivity index (χ4v) is 3.87. The molecule has 94 valence electrons. The van der Waals surface area contributed by atoms with Crippen molar-refractivity contribution in [3.05, 3.63) is 29.3 Å². The highest BCUT2D eigenvalue weighted by molar-refractivity contribution is 7.89. The summed E-state index contributed by atoms with van der Waals surface area (Å²) in [5.41, 5.74) is 0. The van der Waals surface area contributed by atoms with Gasteiger partial charge in [-0.2, -0.15) is 4.31 Å². The van der Waals surface area contributed by atoms with E-state index < -0.39 is 10.0 Å². The number of nitrogens with zero attached hydrogens (tertiary/aromatic N) is 1. The summed E-state index contributed by atoms with van der Waals surface area (Å²) in [7, 11) is -3.42. The molecule has 0 aromatic heterocycles. The van der Waals surface area contributed by atoms with Crippen LogP contribution in [0.15, 0.2) is 29.2 Å². The largest absolute Gasteiger partial charge is 0.314 e. The Bertz CT molecular complexity index is 504. The predicted molar refractivity (Wildman–Crippen MR) is 67.7 cm³/mol. The molecule has 0 aliphatic carbocycles. The molecule has 1 aromatic rings. The van der Waals surface area contributed by atoms with Crippen LogP contribution in [-0.4, -0.2) is 38.4 Å². The van der Waals surface area contributed by atoms with E-state index in [1.165, 1.54) is 10.4 Å². The molecular formula is C11H15ClN2O2S. The van der Waals surface area contributed by atoms with Gasteiger partial charge < -0.3 is 5.32 Å². The Morgan fingerprint density at radius 3 is 2.88 bits per heavy atom. The van der Waals surface area contributed by atoms with Crippen LogP contribution in [0.1, 0.15) is 6.92 Å². The number of piperazine rings is 1. The Labute approximate surface area is 107 Å². The van der Waals surface area contributed by atoms with Crippen molar-refractivity contribution in [1.82, 2.24) is 9.62 Å². The third-order valence-electron chi connectivity index (χ3n) is 2.84. The standard InChI is InChI=1S/C11H15ClN2O2S/c1-9-8-13-5-6-14(9)17(15,16)11-4-2-3-10(12)7-11/h2-4,7,9,13H,5-6,8H2,1H3/t9-/m0/s1. The van der Waals surface area contributed by atoms with Crippen molar-refractivity contribution in [2.45, 2.75) is 17.9 Å². The van der Waals surface area contributed by atoms with Gasteiger partial charge in [-0.15, -0.1) is 0 Å². The maximum atomic E-state index is 12.4. The first-order valence-corrected chi connectivity index (χ1v) is 7.32. The highest BCUT2D eigenvalue weighted by Crippen LogP contribution is 2.21. The lowest BCUT2D eigenvalue weighted by molar-refractivity contribution is 0.284. The Kier molecular flexibility index (Phi) is 3.73. The van der Waals surface area contributed by atoms with E-state index in [1.807, 2.05) is 6.92 Å². The fraction of sp³-hybridized carbons (Fsp3) is 0.455. The van der Waals surface area contributed by atoms with Gasteiger partial charge in [-0.25, -0.2) is 8.42 Å². The Morgan fingerprint density at radius 2 is 2.24 bits per heavy atom. The molecule has 1 fully saturated rings. The minimum Gasteiger partial charge on any atom is -0.314 e. The average molecular weight is 275 g/mol. The predicted octanol–water partition coefficient (Wildman–Crippen LogP) is 1.32. The van der Waals surface area contributed by atoms with Crippen molar-refractivity contribution in [3.8, 4) is 0 Å². The molecular weight excluding hydrogens is 260 g/mol. The van der Waals surface area contributed by atoms with Gasteiger partial charge in [0.25, 0.3) is 0 Å². The van der Waals surface area contributed by atoms with Crippen LogP contribution in [0.5, 0.6) is 0 Å². The van der Waals surface area contributed by atoms with Crippen LogP contribution >= 0.6 is 11.6 Å². The fourth-order valence-electron chi connectivity index (χ4n) is 1.94. The highest BCUT2D eigenvalue weighted by atomic mass is 35.5. The van der Waals surface area contributed by atoms with Crippen molar-refractivity contribution >= 4 is 21.6 Å². The van der Waals surface area contributed by atoms with Gasteiger partial charge in [0.1, 0.15) is 0 Å². The van der Waals surface area contributed by atoms with Crippen molar-refractivity contribution in [3.63, 3.8) is 0 Å². The number of halogens is 1. The summed E-state index contributed by atoms with van der Waals surface area (Å²) in [6.07, 6.45) is 0. The number of rotatable bonds is 2. The SMILES string of the molecule is C[C@H]1CNCCN1S(=O)(=O)c1cccc(Cl)c1. The number of nitrogens with one attached hydrogen (secondary N) is 1. The molecule has 0 saturated carbocycles. The van der Waals surface area contributed by atoms with Crippen LogP contribution < -0.4 is 5.32 Å². The van der Waals surface area contributed by atoms with E-state index >= 15 is 0 Å². The van der Waals surface area contributed by atoms with Gasteiger partial charge in [-0.1, -0.05) is 17.7 Å². The lowest BCUT2D eigenvalue weighted by Crippen LogP contribution is -2.52. The molecule has 1 aliphatic rings. The topological polar surface area (TPSA) is 49.4 Å². The average Bonchev–Trinajstić information content (AvgIpc) is 2.29. The first-order valence-electron chi connectivity index (χ1n) is 5.50. The zero-order valence-corrected chi connectivity index (χ0v) is 11.1. The van der Waals surface area contributed by atoms with E-state index in [2.05, 4.69) is 5.32 Å². The van der Waals surface area contributed by atoms with Crippen LogP contribution in [0.25, 0.3) is 0 Å². The smallest absolute Gasteiger partial charge is 0.243 e. The van der Waals surface area contributed by atoms with Gasteiger partial charge in [0.15, 0.2) is 0 Å². The summed E-state index contributed by atoms with van der Waals surface area (Å²) in [5.74, 6) is 0. The van der Waals surface area contributed by atoms with Crippen molar-refractivity contribution in [1.29, 1.82) is 0 Å². The van der Waals surface area contributed by atoms with Gasteiger partial charge in [0, 0.05) is 30.7 Å². The van der Waals surface area contributed by atoms with Gasteiger partial charge in [0.2, 0.25) is 10.0 Å². The maximum absolute atomic E-state index is 12.4. The van der Waals surface area contributed by atoms with Crippen molar-refractivity contribution in [2.24, 2.45) is 0 Å². The molecule has 6 heteroatoms. The summed E-state index contributed by atoms with van der Waals surface area (Å²) >= 11 is 5.83. The van der Waals surface area contributed by atoms with E-state index in [1.54, 1.807) is 18.2 Å². The minimum atomic E-state index is -3.42. The second kappa shape index (κ2) is 4.94. The van der Waals surface area contributed by atoms with Crippen LogP contribution in [-0.2, 0) is 10.0 Å². The molecule has 4 nitrogen and oxygen atoms in total. The summed E-state index contributed by atoms with van der Waals surface area (Å²) in [6, 6.07) is 6.36. The molecule has 2 rings (SSSR count). The van der Waals surface area contributed by atoms with E-state index in [9.17, 15) is 8.42 Å². The van der Waals surface area contributed by atoms with Crippen LogP contribution in [0.2, 0.25) is 5.02 Å². The molecule has 0 amide bonds. The van der Waals surface area contributed by atoms with Crippen LogP contribution in [0.3, 0.4) is 0 Å². The molecule has 1 atom stereocenters. The number of benzene rings is 1. The van der Waals surface area contributed by atoms with Crippen LogP contribution in [0, 0.1) is 0 Å².